The van der Waals surface area contributed by atoms with Gasteiger partial charge in [-0.3, -0.25) is 4.79 Å². The van der Waals surface area contributed by atoms with E-state index >= 15 is 0 Å². The predicted octanol–water partition coefficient (Wildman–Crippen LogP) is 4.11. The van der Waals surface area contributed by atoms with E-state index in [1.807, 2.05) is 6.07 Å². The van der Waals surface area contributed by atoms with Crippen LogP contribution in [0.2, 0.25) is 0 Å². The first kappa shape index (κ1) is 15.5. The molecular weight excluding hydrogens is 307 g/mol. The number of H-pyrrole nitrogens is 1. The minimum absolute atomic E-state index is 0.00604. The van der Waals surface area contributed by atoms with Gasteiger partial charge in [0.2, 0.25) is 5.78 Å². The lowest BCUT2D eigenvalue weighted by Gasteiger charge is -2.02. The van der Waals surface area contributed by atoms with Crippen LogP contribution in [0.4, 0.5) is 4.39 Å². The summed E-state index contributed by atoms with van der Waals surface area (Å²) in [6, 6.07) is 13.1. The third-order valence-electron chi connectivity index (χ3n) is 3.66. The van der Waals surface area contributed by atoms with Crippen molar-refractivity contribution in [3.05, 3.63) is 71.2 Å². The van der Waals surface area contributed by atoms with Gasteiger partial charge < -0.3 is 9.72 Å². The van der Waals surface area contributed by atoms with Crippen molar-refractivity contribution in [1.29, 1.82) is 5.26 Å². The number of hydrogen-bond donors (Lipinski definition) is 1. The topological polar surface area (TPSA) is 65.9 Å². The van der Waals surface area contributed by atoms with Crippen LogP contribution < -0.4 is 4.74 Å². The van der Waals surface area contributed by atoms with Crippen LogP contribution in [-0.4, -0.2) is 17.9 Å². The predicted molar refractivity (Wildman–Crippen MR) is 89.2 cm³/mol. The average Bonchev–Trinajstić information content (AvgIpc) is 3.02. The molecule has 5 heteroatoms. The molecule has 0 saturated carbocycles. The van der Waals surface area contributed by atoms with Gasteiger partial charge in [0.1, 0.15) is 23.2 Å². The number of hydrogen-bond acceptors (Lipinski definition) is 3. The first-order valence-electron chi connectivity index (χ1n) is 7.19. The van der Waals surface area contributed by atoms with E-state index in [9.17, 15) is 14.4 Å². The number of aromatic nitrogens is 1. The van der Waals surface area contributed by atoms with Gasteiger partial charge in [0.25, 0.3) is 0 Å². The molecule has 0 aliphatic heterocycles. The molecule has 118 valence electrons. The van der Waals surface area contributed by atoms with Crippen molar-refractivity contribution in [3.63, 3.8) is 0 Å². The second-order valence-corrected chi connectivity index (χ2v) is 5.17. The largest absolute Gasteiger partial charge is 0.497 e. The summed E-state index contributed by atoms with van der Waals surface area (Å²) in [7, 11) is 1.55. The van der Waals surface area contributed by atoms with Gasteiger partial charge in [-0.15, -0.1) is 0 Å². The van der Waals surface area contributed by atoms with E-state index in [1.54, 1.807) is 31.4 Å². The molecule has 0 unspecified atom stereocenters. The van der Waals surface area contributed by atoms with Crippen LogP contribution in [0.1, 0.15) is 15.9 Å². The summed E-state index contributed by atoms with van der Waals surface area (Å²) in [4.78, 5) is 15.5. The van der Waals surface area contributed by atoms with E-state index in [4.69, 9.17) is 4.74 Å². The quantitative estimate of drug-likeness (QED) is 0.447. The Morgan fingerprint density at radius 2 is 2.12 bits per heavy atom. The zero-order valence-electron chi connectivity index (χ0n) is 12.8. The average molecular weight is 320 g/mol. The molecule has 0 bridgehead atoms. The van der Waals surface area contributed by atoms with Crippen LogP contribution in [0, 0.1) is 17.1 Å². The number of aromatic amines is 1. The molecule has 0 aliphatic rings. The monoisotopic (exact) mass is 320 g/mol. The van der Waals surface area contributed by atoms with Crippen LogP contribution in [0.25, 0.3) is 17.0 Å². The third-order valence-corrected chi connectivity index (χ3v) is 3.66. The highest BCUT2D eigenvalue weighted by atomic mass is 19.1. The van der Waals surface area contributed by atoms with Gasteiger partial charge in [0.05, 0.1) is 7.11 Å². The first-order chi connectivity index (χ1) is 11.6. The lowest BCUT2D eigenvalue weighted by molar-refractivity contribution is 0.104. The van der Waals surface area contributed by atoms with Crippen molar-refractivity contribution in [1.82, 2.24) is 4.98 Å². The number of halogens is 1. The molecule has 3 rings (SSSR count). The number of rotatable bonds is 4. The zero-order chi connectivity index (χ0) is 17.1. The number of methoxy groups -OCH3 is 1. The Kier molecular flexibility index (Phi) is 4.13. The summed E-state index contributed by atoms with van der Waals surface area (Å²) in [6.45, 7) is 0. The van der Waals surface area contributed by atoms with E-state index in [0.717, 1.165) is 0 Å². The molecule has 2 aromatic carbocycles. The van der Waals surface area contributed by atoms with Crippen molar-refractivity contribution in [2.75, 3.05) is 7.11 Å². The fraction of sp³-hybridized carbons (Fsp3) is 0.0526. The fourth-order valence-electron chi connectivity index (χ4n) is 2.48. The minimum atomic E-state index is -0.418. The van der Waals surface area contributed by atoms with Crippen molar-refractivity contribution in [2.45, 2.75) is 0 Å². The Morgan fingerprint density at radius 3 is 2.88 bits per heavy atom. The summed E-state index contributed by atoms with van der Waals surface area (Å²) >= 11 is 0. The van der Waals surface area contributed by atoms with E-state index in [-0.39, 0.29) is 5.57 Å². The van der Waals surface area contributed by atoms with Crippen LogP contribution in [-0.2, 0) is 0 Å². The maximum Gasteiger partial charge on any atom is 0.205 e. The van der Waals surface area contributed by atoms with Gasteiger partial charge in [-0.25, -0.2) is 4.39 Å². The number of carbonyl (C=O) groups excluding carboxylic acids is 1. The highest BCUT2D eigenvalue weighted by Gasteiger charge is 2.17. The molecule has 1 aromatic heterocycles. The van der Waals surface area contributed by atoms with Gasteiger partial charge in [-0.1, -0.05) is 12.1 Å². The van der Waals surface area contributed by atoms with Crippen LogP contribution in [0.5, 0.6) is 5.75 Å². The van der Waals surface area contributed by atoms with E-state index in [2.05, 4.69) is 4.98 Å². The van der Waals surface area contributed by atoms with Crippen molar-refractivity contribution in [3.8, 4) is 11.8 Å². The molecule has 0 fully saturated rings. The summed E-state index contributed by atoms with van der Waals surface area (Å²) in [6.07, 6.45) is 3.00. The summed E-state index contributed by atoms with van der Waals surface area (Å²) < 4.78 is 18.4. The lowest BCUT2D eigenvalue weighted by atomic mass is 10.0. The number of Topliss-reactive ketones (excluding diaryl/α,β-unsaturated/α-hetero) is 1. The van der Waals surface area contributed by atoms with E-state index < -0.39 is 11.6 Å². The number of nitrogens with zero attached hydrogens (tertiary/aromatic N) is 1. The summed E-state index contributed by atoms with van der Waals surface area (Å²) in [5, 5.41) is 9.94. The number of fused-ring (bicyclic) bond motifs is 1. The fourth-order valence-corrected chi connectivity index (χ4v) is 2.48. The van der Waals surface area contributed by atoms with Gasteiger partial charge in [-0.05, 0) is 42.0 Å². The van der Waals surface area contributed by atoms with Gasteiger partial charge in [-0.2, -0.15) is 5.26 Å². The van der Waals surface area contributed by atoms with Crippen LogP contribution in [0.15, 0.2) is 54.2 Å². The van der Waals surface area contributed by atoms with Crippen LogP contribution in [0.3, 0.4) is 0 Å². The second kappa shape index (κ2) is 6.39. The number of allylic oxidation sites excluding steroid dienone is 1. The van der Waals surface area contributed by atoms with Crippen molar-refractivity contribution < 1.29 is 13.9 Å². The Labute approximate surface area is 137 Å². The van der Waals surface area contributed by atoms with Crippen LogP contribution >= 0.6 is 0 Å². The maximum absolute atomic E-state index is 13.3. The molecule has 0 amide bonds. The molecule has 1 heterocycles. The molecule has 1 N–H and O–H groups in total. The van der Waals surface area contributed by atoms with Crippen molar-refractivity contribution >= 4 is 22.8 Å². The van der Waals surface area contributed by atoms with E-state index in [0.29, 0.717) is 27.8 Å². The molecule has 0 spiro atoms. The molecule has 3 aromatic rings. The Balaban J connectivity index is 2.02. The minimum Gasteiger partial charge on any atom is -0.497 e. The van der Waals surface area contributed by atoms with E-state index in [1.165, 1.54) is 30.5 Å². The maximum atomic E-state index is 13.3. The number of ketones is 1. The smallest absolute Gasteiger partial charge is 0.205 e. The number of carbonyl (C=O) groups is 1. The Morgan fingerprint density at radius 1 is 1.29 bits per heavy atom. The molecule has 4 nitrogen and oxygen atoms in total. The lowest BCUT2D eigenvalue weighted by Crippen LogP contribution is -2.01. The summed E-state index contributed by atoms with van der Waals surface area (Å²) in [5.74, 6) is -0.176. The molecule has 0 radical (unpaired) electrons. The second-order valence-electron chi connectivity index (χ2n) is 5.17. The molecule has 24 heavy (non-hydrogen) atoms. The Hall–Kier alpha value is -3.39. The number of benzene rings is 2. The first-order valence-corrected chi connectivity index (χ1v) is 7.19. The normalized spacial score (nSPS) is 11.3. The molecule has 0 atom stereocenters. The molecule has 0 aliphatic carbocycles. The highest BCUT2D eigenvalue weighted by Crippen LogP contribution is 2.23. The van der Waals surface area contributed by atoms with Gasteiger partial charge in [0, 0.05) is 22.7 Å². The Bertz CT molecular complexity index is 996. The molecule has 0 saturated heterocycles. The molecular formula is C19H13FN2O2. The number of nitriles is 1. The van der Waals surface area contributed by atoms with Crippen molar-refractivity contribution in [2.24, 2.45) is 0 Å². The SMILES string of the molecule is COc1cccc(/C=C(\C#N)C(=O)c2c[nH]c3cc(F)ccc23)c1. The highest BCUT2D eigenvalue weighted by molar-refractivity contribution is 6.19. The number of nitrogens with one attached hydrogen (secondary N) is 1. The van der Waals surface area contributed by atoms with Gasteiger partial charge in [0.15, 0.2) is 0 Å². The number of ether oxygens (including phenoxy) is 1. The standard InChI is InChI=1S/C19H13FN2O2/c1-24-15-4-2-3-12(8-15)7-13(10-21)19(23)17-11-22-18-9-14(20)5-6-16(17)18/h2-9,11,22H,1H3/b13-7+. The third kappa shape index (κ3) is 2.90. The summed E-state index contributed by atoms with van der Waals surface area (Å²) in [5.41, 5.74) is 1.52. The van der Waals surface area contributed by atoms with Gasteiger partial charge >= 0.3 is 0 Å². The zero-order valence-corrected chi connectivity index (χ0v) is 12.8.